The fourth-order valence-corrected chi connectivity index (χ4v) is 4.08. The number of rotatable bonds is 6. The molecule has 8 heteroatoms. The number of para-hydroxylation sites is 1. The summed E-state index contributed by atoms with van der Waals surface area (Å²) in [5, 5.41) is 0. The van der Waals surface area contributed by atoms with Gasteiger partial charge in [-0.3, -0.25) is 19.4 Å². The van der Waals surface area contributed by atoms with Crippen LogP contribution in [0.25, 0.3) is 0 Å². The summed E-state index contributed by atoms with van der Waals surface area (Å²) < 4.78 is 0. The van der Waals surface area contributed by atoms with Gasteiger partial charge < -0.3 is 9.80 Å². The van der Waals surface area contributed by atoms with Crippen molar-refractivity contribution in [3.8, 4) is 0 Å². The summed E-state index contributed by atoms with van der Waals surface area (Å²) in [6, 6.07) is 9.26. The molecule has 30 heavy (non-hydrogen) atoms. The van der Waals surface area contributed by atoms with Crippen LogP contribution in [-0.2, 0) is 4.79 Å². The summed E-state index contributed by atoms with van der Waals surface area (Å²) in [5.74, 6) is 0.479. The molecule has 1 aromatic heterocycles. The van der Waals surface area contributed by atoms with E-state index in [1.54, 1.807) is 18.5 Å². The first-order chi connectivity index (χ1) is 14.6. The number of likely N-dealkylation sites (N-methyl/N-ethyl adjacent to an activating group) is 1. The maximum absolute atomic E-state index is 12.9. The maximum Gasteiger partial charge on any atom is 0.262 e. The number of anilines is 2. The quantitative estimate of drug-likeness (QED) is 0.530. The minimum atomic E-state index is -0.184. The van der Waals surface area contributed by atoms with Crippen LogP contribution in [0.15, 0.2) is 42.7 Å². The Morgan fingerprint density at radius 3 is 2.37 bits per heavy atom. The van der Waals surface area contributed by atoms with Gasteiger partial charge in [-0.25, -0.2) is 9.97 Å². The first-order valence-corrected chi connectivity index (χ1v) is 10.5. The molecule has 0 N–H and O–H groups in total. The topological polar surface area (TPSA) is 72.9 Å². The van der Waals surface area contributed by atoms with Gasteiger partial charge in [0.15, 0.2) is 0 Å². The molecule has 3 heterocycles. The van der Waals surface area contributed by atoms with Gasteiger partial charge in [0.2, 0.25) is 11.9 Å². The minimum Gasteiger partial charge on any atom is -0.365 e. The van der Waals surface area contributed by atoms with Gasteiger partial charge in [-0.05, 0) is 37.6 Å². The van der Waals surface area contributed by atoms with Crippen LogP contribution < -0.4 is 9.80 Å². The fraction of sp³-hybridized carbons (Fsp3) is 0.455. The number of nitrogens with zero attached hydrogens (tertiary/aromatic N) is 6. The lowest BCUT2D eigenvalue weighted by Crippen LogP contribution is -2.47. The van der Waals surface area contributed by atoms with Crippen molar-refractivity contribution in [3.63, 3.8) is 0 Å². The van der Waals surface area contributed by atoms with E-state index >= 15 is 0 Å². The predicted octanol–water partition coefficient (Wildman–Crippen LogP) is 1.50. The lowest BCUT2D eigenvalue weighted by Gasteiger charge is -2.34. The van der Waals surface area contributed by atoms with Gasteiger partial charge >= 0.3 is 0 Å². The molecule has 2 aromatic rings. The van der Waals surface area contributed by atoms with Crippen LogP contribution in [0.3, 0.4) is 0 Å². The van der Waals surface area contributed by atoms with E-state index in [1.165, 1.54) is 4.90 Å². The van der Waals surface area contributed by atoms with Crippen molar-refractivity contribution in [2.24, 2.45) is 0 Å². The van der Waals surface area contributed by atoms with Gasteiger partial charge in [-0.15, -0.1) is 0 Å². The van der Waals surface area contributed by atoms with E-state index in [0.717, 1.165) is 57.2 Å². The highest BCUT2D eigenvalue weighted by molar-refractivity contribution is 6.10. The van der Waals surface area contributed by atoms with E-state index in [-0.39, 0.29) is 18.4 Å². The Balaban J connectivity index is 1.25. The van der Waals surface area contributed by atoms with E-state index in [4.69, 9.17) is 0 Å². The van der Waals surface area contributed by atoms with Crippen molar-refractivity contribution >= 4 is 23.5 Å². The van der Waals surface area contributed by atoms with Crippen molar-refractivity contribution in [2.75, 3.05) is 62.7 Å². The highest BCUT2D eigenvalue weighted by Crippen LogP contribution is 2.24. The van der Waals surface area contributed by atoms with Crippen molar-refractivity contribution in [1.29, 1.82) is 0 Å². The maximum atomic E-state index is 12.9. The van der Waals surface area contributed by atoms with Crippen LogP contribution in [-0.4, -0.2) is 84.4 Å². The monoisotopic (exact) mass is 408 g/mol. The zero-order chi connectivity index (χ0) is 20.9. The Morgan fingerprint density at radius 1 is 0.900 bits per heavy atom. The van der Waals surface area contributed by atoms with Crippen LogP contribution in [0.1, 0.15) is 23.2 Å². The molecule has 0 saturated carbocycles. The van der Waals surface area contributed by atoms with E-state index in [0.29, 0.717) is 12.1 Å². The van der Waals surface area contributed by atoms with Crippen molar-refractivity contribution in [1.82, 2.24) is 19.8 Å². The molecule has 0 atom stereocenters. The molecule has 0 spiro atoms. The number of aromatic nitrogens is 2. The first kappa shape index (κ1) is 20.3. The molecule has 1 fully saturated rings. The lowest BCUT2D eigenvalue weighted by atomic mass is 10.1. The highest BCUT2D eigenvalue weighted by Gasteiger charge is 2.30. The normalized spacial score (nSPS) is 17.8. The number of benzene rings is 1. The van der Waals surface area contributed by atoms with E-state index in [1.807, 2.05) is 36.2 Å². The van der Waals surface area contributed by atoms with Crippen molar-refractivity contribution in [2.45, 2.75) is 12.8 Å². The molecule has 1 aromatic carbocycles. The first-order valence-electron chi connectivity index (χ1n) is 10.5. The molecular weight excluding hydrogens is 380 g/mol. The molecule has 1 saturated heterocycles. The number of hydrogen-bond donors (Lipinski definition) is 0. The molecule has 2 amide bonds. The Hall–Kier alpha value is -3.00. The molecule has 158 valence electrons. The van der Waals surface area contributed by atoms with Gasteiger partial charge in [0, 0.05) is 57.9 Å². The zero-order valence-corrected chi connectivity index (χ0v) is 17.4. The molecule has 2 aliphatic rings. The number of unbranched alkanes of at least 4 members (excludes halogenated alkanes) is 1. The van der Waals surface area contributed by atoms with Crippen LogP contribution in [0, 0.1) is 0 Å². The molecule has 0 unspecified atom stereocenters. The van der Waals surface area contributed by atoms with Crippen LogP contribution in [0.4, 0.5) is 11.6 Å². The van der Waals surface area contributed by atoms with Crippen LogP contribution >= 0.6 is 0 Å². The van der Waals surface area contributed by atoms with Gasteiger partial charge in [0.1, 0.15) is 0 Å². The third-order valence-corrected chi connectivity index (χ3v) is 5.78. The Labute approximate surface area is 177 Å². The number of hydrogen-bond acceptors (Lipinski definition) is 7. The fourth-order valence-electron chi connectivity index (χ4n) is 4.08. The van der Waals surface area contributed by atoms with E-state index in [9.17, 15) is 9.59 Å². The molecule has 2 aliphatic heterocycles. The minimum absolute atomic E-state index is 0.129. The SMILES string of the molecule is CN1CC(=O)N(CCCCN2CCN(c3ncccn3)CC2)C(=O)c2ccccc21. The molecule has 4 rings (SSSR count). The smallest absolute Gasteiger partial charge is 0.262 e. The third-order valence-electron chi connectivity index (χ3n) is 5.78. The second-order valence-electron chi connectivity index (χ2n) is 7.81. The van der Waals surface area contributed by atoms with E-state index in [2.05, 4.69) is 19.8 Å². The number of amides is 2. The number of piperazine rings is 1. The lowest BCUT2D eigenvalue weighted by molar-refractivity contribution is -0.127. The molecule has 8 nitrogen and oxygen atoms in total. The Bertz CT molecular complexity index is 882. The summed E-state index contributed by atoms with van der Waals surface area (Å²) in [5.41, 5.74) is 1.42. The predicted molar refractivity (Wildman–Crippen MR) is 116 cm³/mol. The average molecular weight is 409 g/mol. The van der Waals surface area contributed by atoms with Gasteiger partial charge in [0.25, 0.3) is 5.91 Å². The summed E-state index contributed by atoms with van der Waals surface area (Å²) >= 11 is 0. The summed E-state index contributed by atoms with van der Waals surface area (Å²) in [6.45, 7) is 5.43. The summed E-state index contributed by atoms with van der Waals surface area (Å²) in [4.78, 5) is 42.1. The van der Waals surface area contributed by atoms with Crippen molar-refractivity contribution in [3.05, 3.63) is 48.3 Å². The average Bonchev–Trinajstić information content (AvgIpc) is 2.87. The largest absolute Gasteiger partial charge is 0.365 e. The van der Waals surface area contributed by atoms with Gasteiger partial charge in [0.05, 0.1) is 12.1 Å². The highest BCUT2D eigenvalue weighted by atomic mass is 16.2. The number of imide groups is 1. The molecule has 0 aliphatic carbocycles. The molecular formula is C22H28N6O2. The van der Waals surface area contributed by atoms with Crippen LogP contribution in [0.5, 0.6) is 0 Å². The zero-order valence-electron chi connectivity index (χ0n) is 17.4. The van der Waals surface area contributed by atoms with E-state index < -0.39 is 0 Å². The van der Waals surface area contributed by atoms with Gasteiger partial charge in [-0.2, -0.15) is 0 Å². The van der Waals surface area contributed by atoms with Gasteiger partial charge in [-0.1, -0.05) is 12.1 Å². The Kier molecular flexibility index (Phi) is 6.23. The third kappa shape index (κ3) is 4.43. The second kappa shape index (κ2) is 9.21. The van der Waals surface area contributed by atoms with Crippen molar-refractivity contribution < 1.29 is 9.59 Å². The summed E-state index contributed by atoms with van der Waals surface area (Å²) in [7, 11) is 1.85. The Morgan fingerprint density at radius 2 is 1.60 bits per heavy atom. The standard InChI is InChI=1S/C22H28N6O2/c1-25-17-20(29)28(21(30)18-7-2-3-8-19(18)25)12-5-4-11-26-13-15-27(16-14-26)22-23-9-6-10-24-22/h2-3,6-10H,4-5,11-17H2,1H3. The van der Waals surface area contributed by atoms with Crippen LogP contribution in [0.2, 0.25) is 0 Å². The molecule has 0 radical (unpaired) electrons. The number of fused-ring (bicyclic) bond motifs is 1. The number of carbonyl (C=O) groups excluding carboxylic acids is 2. The second-order valence-corrected chi connectivity index (χ2v) is 7.81. The summed E-state index contributed by atoms with van der Waals surface area (Å²) in [6.07, 6.45) is 5.31. The number of carbonyl (C=O) groups is 2. The molecule has 0 bridgehead atoms.